The molecule has 10 nitrogen and oxygen atoms in total. The van der Waals surface area contributed by atoms with Crippen LogP contribution in [0.3, 0.4) is 0 Å². The van der Waals surface area contributed by atoms with Gasteiger partial charge in [0.15, 0.2) is 11.5 Å². The molecule has 0 aliphatic heterocycles. The van der Waals surface area contributed by atoms with Crippen LogP contribution in [0.2, 0.25) is 0 Å². The highest BCUT2D eigenvalue weighted by Crippen LogP contribution is 2.28. The molecule has 0 spiro atoms. The maximum Gasteiger partial charge on any atom is 0.253 e. The minimum Gasteiger partial charge on any atom is -0.355 e. The average Bonchev–Trinajstić information content (AvgIpc) is 3.46. The molecular formula is C25H26N8O2. The molecule has 35 heavy (non-hydrogen) atoms. The Kier molecular flexibility index (Phi) is 6.54. The summed E-state index contributed by atoms with van der Waals surface area (Å²) in [4.78, 5) is 40.6. The van der Waals surface area contributed by atoms with Crippen LogP contribution in [0.25, 0.3) is 39.2 Å². The maximum absolute atomic E-state index is 12.3. The summed E-state index contributed by atoms with van der Waals surface area (Å²) in [6.45, 7) is 9.04. The maximum atomic E-state index is 12.3. The van der Waals surface area contributed by atoms with Crippen molar-refractivity contribution in [3.63, 3.8) is 0 Å². The number of allylic oxidation sites excluding steroid dienone is 2. The number of carbonyl (C=O) groups is 2. The minimum atomic E-state index is -0.213. The molecule has 10 heteroatoms. The number of amides is 2. The highest BCUT2D eigenvalue weighted by atomic mass is 16.2. The Balaban J connectivity index is 1.75. The van der Waals surface area contributed by atoms with Crippen LogP contribution in [0.1, 0.15) is 36.7 Å². The van der Waals surface area contributed by atoms with Crippen LogP contribution in [0.15, 0.2) is 53.4 Å². The molecule has 4 aromatic rings. The van der Waals surface area contributed by atoms with Gasteiger partial charge < -0.3 is 15.6 Å². The Morgan fingerprint density at radius 3 is 2.77 bits per heavy atom. The van der Waals surface area contributed by atoms with Crippen molar-refractivity contribution in [3.05, 3.63) is 59.6 Å². The molecule has 178 valence electrons. The molecule has 0 unspecified atom stereocenters. The molecule has 0 bridgehead atoms. The van der Waals surface area contributed by atoms with E-state index in [0.717, 1.165) is 22.0 Å². The number of fused-ring (bicyclic) bond motifs is 2. The van der Waals surface area contributed by atoms with Gasteiger partial charge in [-0.3, -0.25) is 19.7 Å². The van der Waals surface area contributed by atoms with E-state index in [1.165, 1.54) is 6.20 Å². The van der Waals surface area contributed by atoms with E-state index in [9.17, 15) is 9.59 Å². The summed E-state index contributed by atoms with van der Waals surface area (Å²) in [7, 11) is 1.58. The highest BCUT2D eigenvalue weighted by molar-refractivity contribution is 6.05. The van der Waals surface area contributed by atoms with Gasteiger partial charge >= 0.3 is 0 Å². The predicted molar refractivity (Wildman–Crippen MR) is 137 cm³/mol. The summed E-state index contributed by atoms with van der Waals surface area (Å²) in [5, 5.41) is 13.5. The molecule has 0 atom stereocenters. The standard InChI is InChI=1S/C25H26N8O2/c1-13(2)24(34)29-16(12-26-4)9-14(3)15-10-18-21(32-33-22(18)28-11-15)23-30-19-8-6-7-17(20(19)31-23)25(35)27-5/h6-13H,4H2,1-3,5H3,(H,27,35)(H,29,34)(H,30,31)(H,28,32,33). The second-order valence-electron chi connectivity index (χ2n) is 8.30. The number of imidazole rings is 1. The van der Waals surface area contributed by atoms with Crippen molar-refractivity contribution in [2.75, 3.05) is 7.05 Å². The minimum absolute atomic E-state index is 0.115. The fourth-order valence-corrected chi connectivity index (χ4v) is 3.57. The topological polar surface area (TPSA) is 141 Å². The summed E-state index contributed by atoms with van der Waals surface area (Å²) in [5.74, 6) is 0.0437. The summed E-state index contributed by atoms with van der Waals surface area (Å²) in [6, 6.07) is 7.34. The molecule has 2 amide bonds. The van der Waals surface area contributed by atoms with Gasteiger partial charge in [0, 0.05) is 25.4 Å². The van der Waals surface area contributed by atoms with E-state index in [1.54, 1.807) is 25.4 Å². The summed E-state index contributed by atoms with van der Waals surface area (Å²) >= 11 is 0. The lowest BCUT2D eigenvalue weighted by Gasteiger charge is -2.09. The number of para-hydroxylation sites is 1. The fourth-order valence-electron chi connectivity index (χ4n) is 3.57. The average molecular weight is 471 g/mol. The van der Waals surface area contributed by atoms with Crippen LogP contribution in [-0.4, -0.2) is 50.7 Å². The van der Waals surface area contributed by atoms with Crippen LogP contribution < -0.4 is 10.6 Å². The molecule has 0 saturated carbocycles. The number of hydrogen-bond donors (Lipinski definition) is 4. The number of aliphatic imine (C=N–C) groups is 1. The molecule has 3 aromatic heterocycles. The van der Waals surface area contributed by atoms with E-state index < -0.39 is 0 Å². The molecule has 4 N–H and O–H groups in total. The van der Waals surface area contributed by atoms with E-state index >= 15 is 0 Å². The number of pyridine rings is 1. The first kappa shape index (κ1) is 23.6. The van der Waals surface area contributed by atoms with Gasteiger partial charge in [-0.15, -0.1) is 0 Å². The second-order valence-corrected chi connectivity index (χ2v) is 8.30. The molecule has 3 heterocycles. The number of rotatable bonds is 7. The number of aromatic amines is 2. The Labute approximate surface area is 201 Å². The zero-order chi connectivity index (χ0) is 25.1. The smallest absolute Gasteiger partial charge is 0.253 e. The van der Waals surface area contributed by atoms with Crippen molar-refractivity contribution in [2.45, 2.75) is 20.8 Å². The summed E-state index contributed by atoms with van der Waals surface area (Å²) in [6.07, 6.45) is 5.02. The largest absolute Gasteiger partial charge is 0.355 e. The third-order valence-corrected chi connectivity index (χ3v) is 5.48. The first-order chi connectivity index (χ1) is 16.8. The Morgan fingerprint density at radius 1 is 1.26 bits per heavy atom. The monoisotopic (exact) mass is 470 g/mol. The van der Waals surface area contributed by atoms with E-state index in [4.69, 9.17) is 0 Å². The van der Waals surface area contributed by atoms with E-state index in [2.05, 4.69) is 47.5 Å². The molecule has 0 aliphatic carbocycles. The Hall–Kier alpha value is -4.60. The van der Waals surface area contributed by atoms with Crippen molar-refractivity contribution < 1.29 is 9.59 Å². The van der Waals surface area contributed by atoms with Crippen molar-refractivity contribution in [1.82, 2.24) is 35.8 Å². The third kappa shape index (κ3) is 4.72. The number of aromatic nitrogens is 5. The van der Waals surface area contributed by atoms with Crippen LogP contribution in [0.4, 0.5) is 0 Å². The van der Waals surface area contributed by atoms with Crippen LogP contribution in [-0.2, 0) is 4.79 Å². The molecule has 0 aliphatic rings. The number of benzene rings is 1. The normalized spacial score (nSPS) is 12.4. The molecule has 0 saturated heterocycles. The van der Waals surface area contributed by atoms with Crippen LogP contribution in [0, 0.1) is 5.92 Å². The first-order valence-electron chi connectivity index (χ1n) is 11.0. The lowest BCUT2D eigenvalue weighted by molar-refractivity contribution is -0.123. The quantitative estimate of drug-likeness (QED) is 0.241. The number of nitrogens with zero attached hydrogens (tertiary/aromatic N) is 4. The Morgan fingerprint density at radius 2 is 2.06 bits per heavy atom. The summed E-state index contributed by atoms with van der Waals surface area (Å²) < 4.78 is 0. The van der Waals surface area contributed by atoms with Crippen molar-refractivity contribution in [2.24, 2.45) is 10.9 Å². The van der Waals surface area contributed by atoms with Gasteiger partial charge in [0.25, 0.3) is 5.91 Å². The van der Waals surface area contributed by atoms with Crippen molar-refractivity contribution >= 4 is 46.2 Å². The number of hydrogen-bond acceptors (Lipinski definition) is 6. The second kappa shape index (κ2) is 9.72. The molecular weight excluding hydrogens is 444 g/mol. The molecule has 1 aromatic carbocycles. The van der Waals surface area contributed by atoms with Crippen molar-refractivity contribution in [1.29, 1.82) is 0 Å². The molecule has 0 fully saturated rings. The van der Waals surface area contributed by atoms with E-state index in [0.29, 0.717) is 33.9 Å². The zero-order valence-electron chi connectivity index (χ0n) is 19.9. The number of H-pyrrole nitrogens is 2. The van der Waals surface area contributed by atoms with Gasteiger partial charge in [0.1, 0.15) is 11.2 Å². The van der Waals surface area contributed by atoms with Gasteiger partial charge in [-0.1, -0.05) is 19.9 Å². The number of carbonyl (C=O) groups excluding carboxylic acids is 2. The number of nitrogens with one attached hydrogen (secondary N) is 4. The van der Waals surface area contributed by atoms with Gasteiger partial charge in [0.2, 0.25) is 5.91 Å². The lowest BCUT2D eigenvalue weighted by atomic mass is 10.1. The van der Waals surface area contributed by atoms with Gasteiger partial charge in [-0.2, -0.15) is 5.10 Å². The first-order valence-corrected chi connectivity index (χ1v) is 11.0. The Bertz CT molecular complexity index is 1510. The van der Waals surface area contributed by atoms with Crippen molar-refractivity contribution in [3.8, 4) is 11.5 Å². The summed E-state index contributed by atoms with van der Waals surface area (Å²) in [5.41, 5.74) is 5.18. The third-order valence-electron chi connectivity index (χ3n) is 5.48. The predicted octanol–water partition coefficient (Wildman–Crippen LogP) is 3.58. The van der Waals surface area contributed by atoms with Gasteiger partial charge in [-0.05, 0) is 49.1 Å². The SMILES string of the molecule is C=NC=C(C=C(C)c1cnc2n[nH]c(-c3nc4c(C(=O)NC)cccc4[nH]3)c2c1)NC(=O)C(C)C. The van der Waals surface area contributed by atoms with Gasteiger partial charge in [0.05, 0.1) is 22.2 Å². The van der Waals surface area contributed by atoms with Crippen LogP contribution in [0.5, 0.6) is 0 Å². The van der Waals surface area contributed by atoms with E-state index in [1.807, 2.05) is 39.0 Å². The fraction of sp³-hybridized carbons (Fsp3) is 0.200. The zero-order valence-corrected chi connectivity index (χ0v) is 19.9. The molecule has 4 rings (SSSR count). The molecule has 0 radical (unpaired) electrons. The van der Waals surface area contributed by atoms with Crippen LogP contribution >= 0.6 is 0 Å². The van der Waals surface area contributed by atoms with E-state index in [-0.39, 0.29) is 17.7 Å². The lowest BCUT2D eigenvalue weighted by Crippen LogP contribution is -2.26. The van der Waals surface area contributed by atoms with Gasteiger partial charge in [-0.25, -0.2) is 9.97 Å². The highest BCUT2D eigenvalue weighted by Gasteiger charge is 2.17.